The number of aryl methyl sites for hydroxylation is 2. The SMILES string of the molecule is Cc1cc(C)cc(C(O)c2ccc3c(c2)CC(C)(C)O3)c1. The van der Waals surface area contributed by atoms with Gasteiger partial charge in [0.15, 0.2) is 0 Å². The normalized spacial score (nSPS) is 17.2. The highest BCUT2D eigenvalue weighted by Crippen LogP contribution is 2.37. The van der Waals surface area contributed by atoms with Gasteiger partial charge < -0.3 is 9.84 Å². The third-order valence-electron chi connectivity index (χ3n) is 3.96. The van der Waals surface area contributed by atoms with Gasteiger partial charge in [-0.25, -0.2) is 0 Å². The molecule has 0 bridgehead atoms. The molecule has 110 valence electrons. The van der Waals surface area contributed by atoms with Crippen LogP contribution in [-0.2, 0) is 6.42 Å². The van der Waals surface area contributed by atoms with Gasteiger partial charge in [-0.3, -0.25) is 0 Å². The summed E-state index contributed by atoms with van der Waals surface area (Å²) in [6, 6.07) is 12.2. The van der Waals surface area contributed by atoms with E-state index < -0.39 is 6.10 Å². The zero-order valence-electron chi connectivity index (χ0n) is 13.1. The lowest BCUT2D eigenvalue weighted by molar-refractivity contribution is 0.138. The summed E-state index contributed by atoms with van der Waals surface area (Å²) < 4.78 is 5.89. The van der Waals surface area contributed by atoms with Crippen LogP contribution in [0.5, 0.6) is 5.75 Å². The van der Waals surface area contributed by atoms with Crippen LogP contribution in [0.4, 0.5) is 0 Å². The summed E-state index contributed by atoms with van der Waals surface area (Å²) in [5, 5.41) is 10.7. The molecule has 0 aromatic heterocycles. The van der Waals surface area contributed by atoms with E-state index in [9.17, 15) is 5.11 Å². The van der Waals surface area contributed by atoms with Crippen molar-refractivity contribution in [1.82, 2.24) is 0 Å². The smallest absolute Gasteiger partial charge is 0.123 e. The topological polar surface area (TPSA) is 29.5 Å². The number of benzene rings is 2. The quantitative estimate of drug-likeness (QED) is 0.898. The number of fused-ring (bicyclic) bond motifs is 1. The fourth-order valence-electron chi connectivity index (χ4n) is 3.16. The Bertz CT molecular complexity index is 666. The molecular weight excluding hydrogens is 260 g/mol. The van der Waals surface area contributed by atoms with Crippen molar-refractivity contribution in [2.24, 2.45) is 0 Å². The molecule has 2 aromatic rings. The second-order valence-corrected chi connectivity index (χ2v) is 6.73. The highest BCUT2D eigenvalue weighted by atomic mass is 16.5. The van der Waals surface area contributed by atoms with Crippen LogP contribution < -0.4 is 4.74 Å². The largest absolute Gasteiger partial charge is 0.487 e. The maximum Gasteiger partial charge on any atom is 0.123 e. The van der Waals surface area contributed by atoms with Crippen molar-refractivity contribution in [2.45, 2.75) is 45.8 Å². The van der Waals surface area contributed by atoms with Gasteiger partial charge in [0.05, 0.1) is 0 Å². The van der Waals surface area contributed by atoms with E-state index in [2.05, 4.69) is 39.8 Å². The molecule has 1 aliphatic rings. The molecule has 0 spiro atoms. The number of rotatable bonds is 2. The summed E-state index contributed by atoms with van der Waals surface area (Å²) in [6.45, 7) is 8.30. The monoisotopic (exact) mass is 282 g/mol. The lowest BCUT2D eigenvalue weighted by atomic mass is 9.95. The molecule has 1 atom stereocenters. The van der Waals surface area contributed by atoms with Crippen molar-refractivity contribution < 1.29 is 9.84 Å². The molecule has 0 saturated heterocycles. The lowest BCUT2D eigenvalue weighted by Gasteiger charge is -2.16. The van der Waals surface area contributed by atoms with Crippen LogP contribution in [0.3, 0.4) is 0 Å². The molecule has 2 heteroatoms. The summed E-state index contributed by atoms with van der Waals surface area (Å²) in [5.41, 5.74) is 5.27. The number of aliphatic hydroxyl groups excluding tert-OH is 1. The average Bonchev–Trinajstić information content (AvgIpc) is 2.69. The number of ether oxygens (including phenoxy) is 1. The van der Waals surface area contributed by atoms with E-state index in [1.807, 2.05) is 24.3 Å². The molecule has 1 N–H and O–H groups in total. The predicted molar refractivity (Wildman–Crippen MR) is 84.8 cm³/mol. The third kappa shape index (κ3) is 2.81. The molecule has 0 aliphatic carbocycles. The van der Waals surface area contributed by atoms with Crippen LogP contribution in [0.1, 0.15) is 47.8 Å². The van der Waals surface area contributed by atoms with Gasteiger partial charge in [0.1, 0.15) is 17.5 Å². The summed E-state index contributed by atoms with van der Waals surface area (Å²) in [5.74, 6) is 0.941. The van der Waals surface area contributed by atoms with E-state index in [1.165, 1.54) is 16.7 Å². The maximum atomic E-state index is 10.7. The first kappa shape index (κ1) is 14.2. The highest BCUT2D eigenvalue weighted by Gasteiger charge is 2.30. The van der Waals surface area contributed by atoms with Crippen LogP contribution in [0.15, 0.2) is 36.4 Å². The van der Waals surface area contributed by atoms with E-state index in [-0.39, 0.29) is 5.60 Å². The fourth-order valence-corrected chi connectivity index (χ4v) is 3.16. The molecule has 2 nitrogen and oxygen atoms in total. The molecule has 1 heterocycles. The Kier molecular flexibility index (Phi) is 3.29. The van der Waals surface area contributed by atoms with Crippen molar-refractivity contribution in [1.29, 1.82) is 0 Å². The minimum Gasteiger partial charge on any atom is -0.487 e. The lowest BCUT2D eigenvalue weighted by Crippen LogP contribution is -2.24. The van der Waals surface area contributed by atoms with Gasteiger partial charge in [0.25, 0.3) is 0 Å². The molecule has 1 aliphatic heterocycles. The van der Waals surface area contributed by atoms with E-state index in [0.29, 0.717) is 0 Å². The first-order chi connectivity index (χ1) is 9.84. The Labute approximate surface area is 126 Å². The molecule has 21 heavy (non-hydrogen) atoms. The van der Waals surface area contributed by atoms with Gasteiger partial charge in [0.2, 0.25) is 0 Å². The van der Waals surface area contributed by atoms with E-state index >= 15 is 0 Å². The Hall–Kier alpha value is -1.80. The van der Waals surface area contributed by atoms with Gasteiger partial charge in [-0.2, -0.15) is 0 Å². The molecule has 0 radical (unpaired) electrons. The number of hydrogen-bond acceptors (Lipinski definition) is 2. The highest BCUT2D eigenvalue weighted by molar-refractivity contribution is 5.44. The van der Waals surface area contributed by atoms with Crippen molar-refractivity contribution in [3.63, 3.8) is 0 Å². The second kappa shape index (κ2) is 4.88. The van der Waals surface area contributed by atoms with Crippen molar-refractivity contribution >= 4 is 0 Å². The summed E-state index contributed by atoms with van der Waals surface area (Å²) in [7, 11) is 0. The van der Waals surface area contributed by atoms with Crippen molar-refractivity contribution in [3.05, 3.63) is 64.2 Å². The maximum absolute atomic E-state index is 10.7. The third-order valence-corrected chi connectivity index (χ3v) is 3.96. The molecule has 2 aromatic carbocycles. The Morgan fingerprint density at radius 1 is 1.00 bits per heavy atom. The van der Waals surface area contributed by atoms with E-state index in [0.717, 1.165) is 23.3 Å². The minimum absolute atomic E-state index is 0.147. The van der Waals surface area contributed by atoms with Gasteiger partial charge >= 0.3 is 0 Å². The van der Waals surface area contributed by atoms with Crippen molar-refractivity contribution in [2.75, 3.05) is 0 Å². The van der Waals surface area contributed by atoms with Crippen LogP contribution in [0.2, 0.25) is 0 Å². The first-order valence-corrected chi connectivity index (χ1v) is 7.42. The van der Waals surface area contributed by atoms with Gasteiger partial charge in [-0.05, 0) is 56.5 Å². The Balaban J connectivity index is 1.95. The molecule has 0 amide bonds. The zero-order chi connectivity index (χ0) is 15.2. The van der Waals surface area contributed by atoms with Crippen molar-refractivity contribution in [3.8, 4) is 5.75 Å². The Morgan fingerprint density at radius 3 is 2.33 bits per heavy atom. The van der Waals surface area contributed by atoms with Gasteiger partial charge in [-0.15, -0.1) is 0 Å². The summed E-state index contributed by atoms with van der Waals surface area (Å²) >= 11 is 0. The molecule has 3 rings (SSSR count). The second-order valence-electron chi connectivity index (χ2n) is 6.73. The molecule has 0 saturated carbocycles. The number of hydrogen-bond donors (Lipinski definition) is 1. The first-order valence-electron chi connectivity index (χ1n) is 7.42. The predicted octanol–water partition coefficient (Wildman–Crippen LogP) is 4.10. The summed E-state index contributed by atoms with van der Waals surface area (Å²) in [4.78, 5) is 0. The van der Waals surface area contributed by atoms with Crippen LogP contribution in [-0.4, -0.2) is 10.7 Å². The molecule has 1 unspecified atom stereocenters. The van der Waals surface area contributed by atoms with E-state index in [4.69, 9.17) is 4.74 Å². The fraction of sp³-hybridized carbons (Fsp3) is 0.368. The Morgan fingerprint density at radius 2 is 1.67 bits per heavy atom. The van der Waals surface area contributed by atoms with Crippen LogP contribution in [0.25, 0.3) is 0 Å². The standard InChI is InChI=1S/C19H22O2/c1-12-7-13(2)9-15(8-12)18(20)14-5-6-17-16(10-14)11-19(3,4)21-17/h5-10,18,20H,11H2,1-4H3. The van der Waals surface area contributed by atoms with Crippen LogP contribution >= 0.6 is 0 Å². The van der Waals surface area contributed by atoms with Crippen LogP contribution in [0, 0.1) is 13.8 Å². The van der Waals surface area contributed by atoms with Gasteiger partial charge in [0, 0.05) is 6.42 Å². The van der Waals surface area contributed by atoms with Gasteiger partial charge in [-0.1, -0.05) is 35.4 Å². The molecular formula is C19H22O2. The number of aliphatic hydroxyl groups is 1. The zero-order valence-corrected chi connectivity index (χ0v) is 13.1. The summed E-state index contributed by atoms with van der Waals surface area (Å²) in [6.07, 6.45) is 0.299. The minimum atomic E-state index is -0.586. The van der Waals surface area contributed by atoms with E-state index in [1.54, 1.807) is 0 Å². The average molecular weight is 282 g/mol. The molecule has 0 fully saturated rings.